The quantitative estimate of drug-likeness (QED) is 0.844. The fraction of sp³-hybridized carbons (Fsp3) is 0.294. The van der Waals surface area contributed by atoms with Crippen molar-refractivity contribution in [1.29, 1.82) is 0 Å². The lowest BCUT2D eigenvalue weighted by Crippen LogP contribution is -2.37. The maximum atomic E-state index is 13.2. The molecule has 2 amide bonds. The Kier molecular flexibility index (Phi) is 4.42. The zero-order chi connectivity index (χ0) is 17.3. The molecule has 0 bridgehead atoms. The van der Waals surface area contributed by atoms with Crippen molar-refractivity contribution < 1.29 is 18.0 Å². The van der Waals surface area contributed by atoms with E-state index in [4.69, 9.17) is 0 Å². The second kappa shape index (κ2) is 6.51. The Morgan fingerprint density at radius 2 is 2.00 bits per heavy atom. The molecule has 0 saturated heterocycles. The van der Waals surface area contributed by atoms with Gasteiger partial charge in [-0.15, -0.1) is 0 Å². The summed E-state index contributed by atoms with van der Waals surface area (Å²) in [7, 11) is 0. The molecule has 0 unspecified atom stereocenters. The van der Waals surface area contributed by atoms with Gasteiger partial charge >= 0.3 is 6.03 Å². The number of carbonyl (C=O) groups excluding carboxylic acids is 1. The molecule has 1 fully saturated rings. The highest BCUT2D eigenvalue weighted by Crippen LogP contribution is 2.41. The van der Waals surface area contributed by atoms with E-state index in [2.05, 4.69) is 15.6 Å². The zero-order valence-electron chi connectivity index (χ0n) is 12.9. The zero-order valence-corrected chi connectivity index (χ0v) is 12.9. The fourth-order valence-corrected chi connectivity index (χ4v) is 2.60. The van der Waals surface area contributed by atoms with E-state index in [9.17, 15) is 18.0 Å². The molecule has 7 heteroatoms. The number of nitrogens with zero attached hydrogens (tertiary/aromatic N) is 1. The first-order valence-corrected chi connectivity index (χ1v) is 7.55. The molecule has 0 radical (unpaired) electrons. The van der Waals surface area contributed by atoms with Crippen LogP contribution in [0.4, 0.5) is 18.0 Å². The average Bonchev–Trinajstić information content (AvgIpc) is 3.30. The lowest BCUT2D eigenvalue weighted by molar-refractivity contribution is 0.240. The Balaban J connectivity index is 1.53. The minimum absolute atomic E-state index is 0.211. The normalized spacial score (nSPS) is 19.0. The largest absolute Gasteiger partial charge is 0.335 e. The molecule has 24 heavy (non-hydrogen) atoms. The maximum Gasteiger partial charge on any atom is 0.315 e. The molecule has 2 atom stereocenters. The SMILES string of the molecule is Cc1cccnc1CNC(=O)N[C@@H]1C[C@H]1c1cc(F)c(F)c(F)c1. The van der Waals surface area contributed by atoms with Crippen molar-refractivity contribution in [1.82, 2.24) is 15.6 Å². The Labute approximate surface area is 137 Å². The van der Waals surface area contributed by atoms with Crippen LogP contribution in [0.5, 0.6) is 0 Å². The van der Waals surface area contributed by atoms with E-state index < -0.39 is 17.5 Å². The van der Waals surface area contributed by atoms with Crippen molar-refractivity contribution >= 4 is 6.03 Å². The molecule has 1 aromatic heterocycles. The predicted octanol–water partition coefficient (Wildman–Crippen LogP) is 3.16. The predicted molar refractivity (Wildman–Crippen MR) is 81.8 cm³/mol. The van der Waals surface area contributed by atoms with E-state index in [-0.39, 0.29) is 24.5 Å². The second-order valence-electron chi connectivity index (χ2n) is 5.84. The number of rotatable bonds is 4. The average molecular weight is 335 g/mol. The smallest absolute Gasteiger partial charge is 0.315 e. The lowest BCUT2D eigenvalue weighted by Gasteiger charge is -2.09. The Hall–Kier alpha value is -2.57. The molecule has 1 aliphatic rings. The Bertz CT molecular complexity index is 758. The van der Waals surface area contributed by atoms with Gasteiger partial charge in [-0.25, -0.2) is 18.0 Å². The number of pyridine rings is 1. The van der Waals surface area contributed by atoms with Crippen molar-refractivity contribution in [3.05, 3.63) is 64.7 Å². The van der Waals surface area contributed by atoms with Crippen LogP contribution in [-0.2, 0) is 6.54 Å². The van der Waals surface area contributed by atoms with E-state index in [0.29, 0.717) is 12.0 Å². The van der Waals surface area contributed by atoms with Crippen LogP contribution in [-0.4, -0.2) is 17.1 Å². The minimum Gasteiger partial charge on any atom is -0.335 e. The number of aromatic nitrogens is 1. The summed E-state index contributed by atoms with van der Waals surface area (Å²) in [5.41, 5.74) is 2.08. The highest BCUT2D eigenvalue weighted by Gasteiger charge is 2.40. The number of halogens is 3. The highest BCUT2D eigenvalue weighted by molar-refractivity contribution is 5.74. The standard InChI is InChI=1S/C17H16F3N3O/c1-9-3-2-4-21-15(9)8-22-17(24)23-14-7-11(14)10-5-12(18)16(20)13(19)6-10/h2-6,11,14H,7-8H2,1H3,(H2,22,23,24)/t11-,14+/m0/s1. The van der Waals surface area contributed by atoms with Crippen molar-refractivity contribution in [3.63, 3.8) is 0 Å². The number of hydrogen-bond acceptors (Lipinski definition) is 2. The highest BCUT2D eigenvalue weighted by atomic mass is 19.2. The van der Waals surface area contributed by atoms with E-state index in [1.807, 2.05) is 19.1 Å². The summed E-state index contributed by atoms with van der Waals surface area (Å²) in [5, 5.41) is 5.42. The molecular weight excluding hydrogens is 319 g/mol. The van der Waals surface area contributed by atoms with E-state index >= 15 is 0 Å². The summed E-state index contributed by atoms with van der Waals surface area (Å²) in [6, 6.07) is 5.06. The van der Waals surface area contributed by atoms with Gasteiger partial charge in [-0.3, -0.25) is 4.98 Å². The molecule has 1 aromatic carbocycles. The summed E-state index contributed by atoms with van der Waals surface area (Å²) >= 11 is 0. The molecule has 3 rings (SSSR count). The van der Waals surface area contributed by atoms with Gasteiger partial charge in [-0.1, -0.05) is 6.07 Å². The van der Waals surface area contributed by atoms with Gasteiger partial charge in [0.15, 0.2) is 17.5 Å². The van der Waals surface area contributed by atoms with Crippen LogP contribution in [0.25, 0.3) is 0 Å². The topological polar surface area (TPSA) is 54.0 Å². The molecule has 0 spiro atoms. The first kappa shape index (κ1) is 16.3. The molecular formula is C17H16F3N3O. The van der Waals surface area contributed by atoms with Gasteiger partial charge in [-0.05, 0) is 42.7 Å². The summed E-state index contributed by atoms with van der Waals surface area (Å²) in [4.78, 5) is 16.1. The number of carbonyl (C=O) groups is 1. The molecule has 1 heterocycles. The van der Waals surface area contributed by atoms with Gasteiger partial charge in [0, 0.05) is 18.2 Å². The monoisotopic (exact) mass is 335 g/mol. The number of benzene rings is 1. The molecule has 4 nitrogen and oxygen atoms in total. The van der Waals surface area contributed by atoms with Crippen LogP contribution in [0.3, 0.4) is 0 Å². The van der Waals surface area contributed by atoms with Crippen molar-refractivity contribution in [3.8, 4) is 0 Å². The van der Waals surface area contributed by atoms with E-state index in [1.54, 1.807) is 6.20 Å². The summed E-state index contributed by atoms with van der Waals surface area (Å²) < 4.78 is 39.4. The molecule has 126 valence electrons. The Morgan fingerprint density at radius 3 is 2.67 bits per heavy atom. The molecule has 1 saturated carbocycles. The molecule has 1 aliphatic carbocycles. The molecule has 2 aromatic rings. The summed E-state index contributed by atoms with van der Waals surface area (Å²) in [6.07, 6.45) is 2.21. The van der Waals surface area contributed by atoms with Crippen LogP contribution in [0.2, 0.25) is 0 Å². The van der Waals surface area contributed by atoms with E-state index in [0.717, 1.165) is 23.4 Å². The number of nitrogens with one attached hydrogen (secondary N) is 2. The van der Waals surface area contributed by atoms with E-state index in [1.165, 1.54) is 0 Å². The van der Waals surface area contributed by atoms with Crippen molar-refractivity contribution in [2.24, 2.45) is 0 Å². The third-order valence-electron chi connectivity index (χ3n) is 4.08. The van der Waals surface area contributed by atoms with Crippen LogP contribution < -0.4 is 10.6 Å². The summed E-state index contributed by atoms with van der Waals surface area (Å²) in [5.74, 6) is -4.12. The molecule has 0 aliphatic heterocycles. The van der Waals surface area contributed by atoms with Crippen molar-refractivity contribution in [2.45, 2.75) is 31.8 Å². The van der Waals surface area contributed by atoms with Gasteiger partial charge in [0.2, 0.25) is 0 Å². The second-order valence-corrected chi connectivity index (χ2v) is 5.84. The number of hydrogen-bond donors (Lipinski definition) is 2. The van der Waals surface area contributed by atoms with Crippen LogP contribution >= 0.6 is 0 Å². The van der Waals surface area contributed by atoms with Gasteiger partial charge in [0.05, 0.1) is 12.2 Å². The maximum absolute atomic E-state index is 13.2. The number of aryl methyl sites for hydroxylation is 1. The number of urea groups is 1. The Morgan fingerprint density at radius 1 is 1.29 bits per heavy atom. The first-order valence-electron chi connectivity index (χ1n) is 7.55. The summed E-state index contributed by atoms with van der Waals surface area (Å²) in [6.45, 7) is 2.19. The lowest BCUT2D eigenvalue weighted by atomic mass is 10.1. The fourth-order valence-electron chi connectivity index (χ4n) is 2.60. The first-order chi connectivity index (χ1) is 11.5. The van der Waals surface area contributed by atoms with Gasteiger partial charge < -0.3 is 10.6 Å². The van der Waals surface area contributed by atoms with Crippen LogP contribution in [0, 0.1) is 24.4 Å². The van der Waals surface area contributed by atoms with Crippen molar-refractivity contribution in [2.75, 3.05) is 0 Å². The minimum atomic E-state index is -1.48. The third kappa shape index (κ3) is 3.50. The third-order valence-corrected chi connectivity index (χ3v) is 4.08. The van der Waals surface area contributed by atoms with Gasteiger partial charge in [0.25, 0.3) is 0 Å². The molecule has 2 N–H and O–H groups in total. The van der Waals surface area contributed by atoms with Gasteiger partial charge in [-0.2, -0.15) is 0 Å². The van der Waals surface area contributed by atoms with Crippen LogP contribution in [0.1, 0.15) is 29.2 Å². The van der Waals surface area contributed by atoms with Crippen LogP contribution in [0.15, 0.2) is 30.5 Å². The number of amides is 2. The van der Waals surface area contributed by atoms with Gasteiger partial charge in [0.1, 0.15) is 0 Å².